The van der Waals surface area contributed by atoms with Crippen molar-refractivity contribution in [1.29, 1.82) is 0 Å². The van der Waals surface area contributed by atoms with Crippen LogP contribution in [0.25, 0.3) is 0 Å². The van der Waals surface area contributed by atoms with Crippen LogP contribution in [0.1, 0.15) is 51.5 Å². The third kappa shape index (κ3) is 1.76. The van der Waals surface area contributed by atoms with Crippen LogP contribution in [-0.2, 0) is 5.41 Å². The second-order valence-electron chi connectivity index (χ2n) is 8.01. The predicted molar refractivity (Wildman–Crippen MR) is 90.9 cm³/mol. The van der Waals surface area contributed by atoms with E-state index in [2.05, 4.69) is 63.9 Å². The lowest BCUT2D eigenvalue weighted by molar-refractivity contribution is -0.113. The van der Waals surface area contributed by atoms with E-state index in [-0.39, 0.29) is 0 Å². The fourth-order valence-electron chi connectivity index (χ4n) is 5.91. The summed E-state index contributed by atoms with van der Waals surface area (Å²) in [4.78, 5) is 0. The van der Waals surface area contributed by atoms with E-state index in [1.54, 1.807) is 5.56 Å². The quantitative estimate of drug-likeness (QED) is 0.520. The summed E-state index contributed by atoms with van der Waals surface area (Å²) in [6.07, 6.45) is 7.30. The standard InChI is InChI=1S/C18H22Br2/c1-17(2)13-4-11-3-12(5-13)10-18(17,9-11)14-6-15(19)8-16(20)7-14/h6-8,11-13H,3-5,9-10H2,1-2H3. The average molecular weight is 398 g/mol. The Hall–Kier alpha value is 0.180. The Balaban J connectivity index is 1.89. The molecule has 0 aromatic heterocycles. The van der Waals surface area contributed by atoms with Crippen molar-refractivity contribution in [2.75, 3.05) is 0 Å². The van der Waals surface area contributed by atoms with Crippen LogP contribution in [0.15, 0.2) is 27.1 Å². The van der Waals surface area contributed by atoms with E-state index in [9.17, 15) is 0 Å². The molecule has 0 aliphatic heterocycles. The maximum atomic E-state index is 3.70. The van der Waals surface area contributed by atoms with Crippen molar-refractivity contribution in [3.8, 4) is 0 Å². The molecule has 2 atom stereocenters. The lowest BCUT2D eigenvalue weighted by Gasteiger charge is -2.66. The second-order valence-corrected chi connectivity index (χ2v) is 9.84. The van der Waals surface area contributed by atoms with Crippen LogP contribution < -0.4 is 0 Å². The summed E-state index contributed by atoms with van der Waals surface area (Å²) in [5.74, 6) is 2.91. The highest BCUT2D eigenvalue weighted by Gasteiger charge is 2.61. The number of halogens is 2. The van der Waals surface area contributed by atoms with Crippen molar-refractivity contribution < 1.29 is 0 Å². The van der Waals surface area contributed by atoms with Gasteiger partial charge >= 0.3 is 0 Å². The fourth-order valence-corrected chi connectivity index (χ4v) is 7.20. The summed E-state index contributed by atoms with van der Waals surface area (Å²) in [5, 5.41) is 0. The third-order valence-corrected chi connectivity index (χ3v) is 7.76. The average Bonchev–Trinajstić information content (AvgIpc) is 2.34. The SMILES string of the molecule is CC1(C)C2CC3CC(C2)CC1(c1cc(Br)cc(Br)c1)C3. The van der Waals surface area contributed by atoms with Crippen LogP contribution in [0, 0.1) is 23.2 Å². The molecule has 1 aromatic carbocycles. The van der Waals surface area contributed by atoms with E-state index in [0.29, 0.717) is 10.8 Å². The Bertz CT molecular complexity index is 526. The Kier molecular flexibility index (Phi) is 3.00. The molecule has 0 amide bonds. The highest BCUT2D eigenvalue weighted by atomic mass is 79.9. The molecule has 4 aliphatic rings. The summed E-state index contributed by atoms with van der Waals surface area (Å²) in [6.45, 7) is 5.09. The molecular weight excluding hydrogens is 376 g/mol. The van der Waals surface area contributed by atoms with Crippen molar-refractivity contribution >= 4 is 31.9 Å². The van der Waals surface area contributed by atoms with Crippen molar-refractivity contribution in [2.45, 2.75) is 51.4 Å². The van der Waals surface area contributed by atoms with Gasteiger partial charge in [-0.3, -0.25) is 0 Å². The Morgan fingerprint density at radius 2 is 1.45 bits per heavy atom. The Morgan fingerprint density at radius 1 is 0.900 bits per heavy atom. The van der Waals surface area contributed by atoms with Crippen molar-refractivity contribution in [2.24, 2.45) is 23.2 Å². The van der Waals surface area contributed by atoms with Gasteiger partial charge in [-0.25, -0.2) is 0 Å². The maximum absolute atomic E-state index is 3.70. The second kappa shape index (κ2) is 4.35. The summed E-state index contributed by atoms with van der Waals surface area (Å²) in [5.41, 5.74) is 2.43. The molecule has 0 nitrogen and oxygen atoms in total. The molecule has 4 bridgehead atoms. The van der Waals surface area contributed by atoms with E-state index in [1.165, 1.54) is 41.0 Å². The molecule has 4 aliphatic carbocycles. The molecule has 108 valence electrons. The van der Waals surface area contributed by atoms with E-state index < -0.39 is 0 Å². The smallest absolute Gasteiger partial charge is 0.0189 e. The van der Waals surface area contributed by atoms with Gasteiger partial charge in [0.2, 0.25) is 0 Å². The van der Waals surface area contributed by atoms with Gasteiger partial charge in [0.15, 0.2) is 0 Å². The molecule has 2 heteroatoms. The number of hydrogen-bond acceptors (Lipinski definition) is 0. The molecule has 4 saturated carbocycles. The van der Waals surface area contributed by atoms with Crippen molar-refractivity contribution in [3.05, 3.63) is 32.7 Å². The number of hydrogen-bond donors (Lipinski definition) is 0. The number of benzene rings is 1. The Morgan fingerprint density at radius 3 is 2.00 bits per heavy atom. The van der Waals surface area contributed by atoms with Gasteiger partial charge in [-0.15, -0.1) is 0 Å². The number of rotatable bonds is 1. The minimum Gasteiger partial charge on any atom is -0.0588 e. The molecule has 5 rings (SSSR count). The van der Waals surface area contributed by atoms with Gasteiger partial charge in [0, 0.05) is 14.4 Å². The van der Waals surface area contributed by atoms with Crippen LogP contribution in [0.5, 0.6) is 0 Å². The third-order valence-electron chi connectivity index (χ3n) is 6.85. The zero-order chi connectivity index (χ0) is 14.1. The van der Waals surface area contributed by atoms with E-state index in [1.807, 2.05) is 0 Å². The predicted octanol–water partition coefficient (Wildman–Crippen LogP) is 6.32. The molecule has 0 saturated heterocycles. The molecule has 2 unspecified atom stereocenters. The molecule has 0 N–H and O–H groups in total. The minimum absolute atomic E-state index is 0.411. The molecule has 0 spiro atoms. The van der Waals surface area contributed by atoms with Crippen molar-refractivity contribution in [1.82, 2.24) is 0 Å². The summed E-state index contributed by atoms with van der Waals surface area (Å²) in [7, 11) is 0. The fraction of sp³-hybridized carbons (Fsp3) is 0.667. The monoisotopic (exact) mass is 396 g/mol. The minimum atomic E-state index is 0.411. The first kappa shape index (κ1) is 13.8. The Labute approximate surface area is 139 Å². The lowest BCUT2D eigenvalue weighted by Crippen LogP contribution is -2.59. The molecular formula is C18H22Br2. The summed E-state index contributed by atoms with van der Waals surface area (Å²) >= 11 is 7.40. The van der Waals surface area contributed by atoms with Gasteiger partial charge in [0.25, 0.3) is 0 Å². The molecule has 0 heterocycles. The van der Waals surface area contributed by atoms with Gasteiger partial charge in [-0.2, -0.15) is 0 Å². The van der Waals surface area contributed by atoms with Gasteiger partial charge in [0.05, 0.1) is 0 Å². The largest absolute Gasteiger partial charge is 0.0588 e. The highest BCUT2D eigenvalue weighted by molar-refractivity contribution is 9.11. The molecule has 4 fully saturated rings. The van der Waals surface area contributed by atoms with Crippen LogP contribution in [0.3, 0.4) is 0 Å². The van der Waals surface area contributed by atoms with Crippen LogP contribution in [-0.4, -0.2) is 0 Å². The van der Waals surface area contributed by atoms with Crippen LogP contribution >= 0.6 is 31.9 Å². The summed E-state index contributed by atoms with van der Waals surface area (Å²) in [6, 6.07) is 6.94. The topological polar surface area (TPSA) is 0 Å². The van der Waals surface area contributed by atoms with E-state index in [4.69, 9.17) is 0 Å². The van der Waals surface area contributed by atoms with E-state index in [0.717, 1.165) is 17.8 Å². The normalized spacial score (nSPS) is 41.1. The zero-order valence-electron chi connectivity index (χ0n) is 12.3. The molecule has 1 aromatic rings. The van der Waals surface area contributed by atoms with Crippen LogP contribution in [0.2, 0.25) is 0 Å². The van der Waals surface area contributed by atoms with Gasteiger partial charge in [-0.05, 0) is 79.0 Å². The maximum Gasteiger partial charge on any atom is 0.0189 e. The van der Waals surface area contributed by atoms with E-state index >= 15 is 0 Å². The first-order valence-electron chi connectivity index (χ1n) is 7.87. The van der Waals surface area contributed by atoms with Gasteiger partial charge in [0.1, 0.15) is 0 Å². The molecule has 20 heavy (non-hydrogen) atoms. The highest BCUT2D eigenvalue weighted by Crippen LogP contribution is 2.68. The zero-order valence-corrected chi connectivity index (χ0v) is 15.4. The van der Waals surface area contributed by atoms with Gasteiger partial charge in [-0.1, -0.05) is 45.7 Å². The first-order valence-corrected chi connectivity index (χ1v) is 9.46. The summed E-state index contributed by atoms with van der Waals surface area (Å²) < 4.78 is 2.43. The van der Waals surface area contributed by atoms with Gasteiger partial charge < -0.3 is 0 Å². The first-order chi connectivity index (χ1) is 9.40. The van der Waals surface area contributed by atoms with Crippen molar-refractivity contribution in [3.63, 3.8) is 0 Å². The van der Waals surface area contributed by atoms with Crippen LogP contribution in [0.4, 0.5) is 0 Å². The molecule has 0 radical (unpaired) electrons. The lowest BCUT2D eigenvalue weighted by atomic mass is 9.38.